The highest BCUT2D eigenvalue weighted by Gasteiger charge is 1.99. The molecule has 0 unspecified atom stereocenters. The zero-order valence-electron chi connectivity index (χ0n) is 9.80. The van der Waals surface area contributed by atoms with Crippen LogP contribution in [0, 0.1) is 0 Å². The molecule has 2 aromatic carbocycles. The van der Waals surface area contributed by atoms with Gasteiger partial charge in [-0.3, -0.25) is 0 Å². The van der Waals surface area contributed by atoms with Gasteiger partial charge in [-0.15, -0.1) is 0 Å². The Morgan fingerprint density at radius 3 is 2.50 bits per heavy atom. The Hall–Kier alpha value is -1.87. The minimum Gasteiger partial charge on any atom is -0.490 e. The molecule has 0 saturated heterocycles. The minimum absolute atomic E-state index is 0.429. The molecule has 0 amide bonds. The van der Waals surface area contributed by atoms with Gasteiger partial charge in [0.05, 0.1) is 5.02 Å². The molecule has 0 aliphatic heterocycles. The lowest BCUT2D eigenvalue weighted by Crippen LogP contribution is -2.09. The predicted molar refractivity (Wildman–Crippen MR) is 73.3 cm³/mol. The Morgan fingerprint density at radius 2 is 1.72 bits per heavy atom. The van der Waals surface area contributed by atoms with Crippen LogP contribution in [0.5, 0.6) is 11.5 Å². The van der Waals surface area contributed by atoms with E-state index in [1.54, 1.807) is 12.1 Å². The maximum Gasteiger partial charge on any atom is 0.138 e. The molecule has 0 saturated carbocycles. The molecular weight excluding hydrogens is 250 g/mol. The van der Waals surface area contributed by atoms with Gasteiger partial charge in [0.15, 0.2) is 0 Å². The second-order valence-corrected chi connectivity index (χ2v) is 4.11. The van der Waals surface area contributed by atoms with Crippen LogP contribution in [0.2, 0.25) is 5.02 Å². The molecule has 2 aromatic rings. The second-order valence-electron chi connectivity index (χ2n) is 3.70. The zero-order chi connectivity index (χ0) is 12.8. The largest absolute Gasteiger partial charge is 0.490 e. The van der Waals surface area contributed by atoms with E-state index in [-0.39, 0.29) is 0 Å². The third-order valence-electron chi connectivity index (χ3n) is 2.30. The molecule has 0 aromatic heterocycles. The molecule has 0 atom stereocenters. The SMILES string of the molecule is Nc1cccc(OCCOc2ccccc2Cl)c1. The zero-order valence-corrected chi connectivity index (χ0v) is 10.6. The predicted octanol–water partition coefficient (Wildman–Crippen LogP) is 3.38. The van der Waals surface area contributed by atoms with E-state index in [1.807, 2.05) is 36.4 Å². The lowest BCUT2D eigenvalue weighted by Gasteiger charge is -2.09. The highest BCUT2D eigenvalue weighted by molar-refractivity contribution is 6.32. The van der Waals surface area contributed by atoms with Gasteiger partial charge in [-0.1, -0.05) is 29.8 Å². The molecule has 0 spiro atoms. The van der Waals surface area contributed by atoms with Gasteiger partial charge in [0, 0.05) is 11.8 Å². The number of hydrogen-bond acceptors (Lipinski definition) is 3. The number of para-hydroxylation sites is 1. The Balaban J connectivity index is 1.78. The van der Waals surface area contributed by atoms with E-state index in [1.165, 1.54) is 0 Å². The fourth-order valence-corrected chi connectivity index (χ4v) is 1.67. The van der Waals surface area contributed by atoms with Crippen molar-refractivity contribution in [3.8, 4) is 11.5 Å². The molecule has 0 aliphatic carbocycles. The third kappa shape index (κ3) is 3.57. The third-order valence-corrected chi connectivity index (χ3v) is 2.62. The summed E-state index contributed by atoms with van der Waals surface area (Å²) in [7, 11) is 0. The van der Waals surface area contributed by atoms with Crippen LogP contribution in [0.25, 0.3) is 0 Å². The van der Waals surface area contributed by atoms with Crippen LogP contribution < -0.4 is 15.2 Å². The summed E-state index contributed by atoms with van der Waals surface area (Å²) in [6.45, 7) is 0.868. The van der Waals surface area contributed by atoms with Gasteiger partial charge in [-0.25, -0.2) is 0 Å². The van der Waals surface area contributed by atoms with Crippen molar-refractivity contribution in [1.82, 2.24) is 0 Å². The maximum absolute atomic E-state index is 5.96. The smallest absolute Gasteiger partial charge is 0.138 e. The van der Waals surface area contributed by atoms with Crippen LogP contribution in [0.15, 0.2) is 48.5 Å². The Morgan fingerprint density at radius 1 is 0.944 bits per heavy atom. The average Bonchev–Trinajstić information content (AvgIpc) is 2.37. The van der Waals surface area contributed by atoms with Gasteiger partial charge in [0.25, 0.3) is 0 Å². The molecule has 0 radical (unpaired) electrons. The lowest BCUT2D eigenvalue weighted by atomic mass is 10.3. The molecule has 4 heteroatoms. The number of hydrogen-bond donors (Lipinski definition) is 1. The number of ether oxygens (including phenoxy) is 2. The standard InChI is InChI=1S/C14H14ClNO2/c15-13-6-1-2-7-14(13)18-9-8-17-12-5-3-4-11(16)10-12/h1-7,10H,8-9,16H2. The van der Waals surface area contributed by atoms with Gasteiger partial charge >= 0.3 is 0 Å². The number of nitrogens with two attached hydrogens (primary N) is 1. The molecule has 94 valence electrons. The molecule has 18 heavy (non-hydrogen) atoms. The highest BCUT2D eigenvalue weighted by Crippen LogP contribution is 2.23. The fraction of sp³-hybridized carbons (Fsp3) is 0.143. The van der Waals surface area contributed by atoms with Crippen LogP contribution >= 0.6 is 11.6 Å². The van der Waals surface area contributed by atoms with E-state index in [4.69, 9.17) is 26.8 Å². The van der Waals surface area contributed by atoms with Crippen molar-refractivity contribution in [2.75, 3.05) is 18.9 Å². The quantitative estimate of drug-likeness (QED) is 0.664. The molecule has 0 fully saturated rings. The summed E-state index contributed by atoms with van der Waals surface area (Å²) in [5.41, 5.74) is 6.33. The summed E-state index contributed by atoms with van der Waals surface area (Å²) < 4.78 is 11.0. The number of halogens is 1. The van der Waals surface area contributed by atoms with E-state index in [0.717, 1.165) is 5.75 Å². The van der Waals surface area contributed by atoms with Crippen molar-refractivity contribution < 1.29 is 9.47 Å². The fourth-order valence-electron chi connectivity index (χ4n) is 1.48. The summed E-state index contributed by atoms with van der Waals surface area (Å²) in [5, 5.41) is 0.599. The van der Waals surface area contributed by atoms with E-state index in [2.05, 4.69) is 0 Å². The molecule has 0 heterocycles. The van der Waals surface area contributed by atoms with E-state index >= 15 is 0 Å². The van der Waals surface area contributed by atoms with Crippen molar-refractivity contribution in [3.05, 3.63) is 53.6 Å². The average molecular weight is 264 g/mol. The van der Waals surface area contributed by atoms with Gasteiger partial charge in [-0.05, 0) is 24.3 Å². The summed E-state index contributed by atoms with van der Waals surface area (Å²) in [5.74, 6) is 1.40. The van der Waals surface area contributed by atoms with Crippen molar-refractivity contribution in [2.45, 2.75) is 0 Å². The van der Waals surface area contributed by atoms with E-state index in [0.29, 0.717) is 29.7 Å². The monoisotopic (exact) mass is 263 g/mol. The molecule has 2 rings (SSSR count). The van der Waals surface area contributed by atoms with Crippen LogP contribution in [-0.2, 0) is 0 Å². The van der Waals surface area contributed by atoms with Crippen molar-refractivity contribution in [2.24, 2.45) is 0 Å². The molecule has 0 aliphatic rings. The van der Waals surface area contributed by atoms with Crippen molar-refractivity contribution in [1.29, 1.82) is 0 Å². The molecule has 0 bridgehead atoms. The normalized spacial score (nSPS) is 10.1. The highest BCUT2D eigenvalue weighted by atomic mass is 35.5. The summed E-state index contributed by atoms with van der Waals surface area (Å²) >= 11 is 5.96. The first-order chi connectivity index (χ1) is 8.75. The summed E-state index contributed by atoms with van der Waals surface area (Å²) in [6, 6.07) is 14.6. The van der Waals surface area contributed by atoms with Crippen molar-refractivity contribution in [3.63, 3.8) is 0 Å². The minimum atomic E-state index is 0.429. The number of nitrogen functional groups attached to an aromatic ring is 1. The second kappa shape index (κ2) is 6.17. The Kier molecular flexibility index (Phi) is 4.31. The first-order valence-electron chi connectivity index (χ1n) is 5.61. The Labute approximate surface area is 111 Å². The van der Waals surface area contributed by atoms with Crippen LogP contribution in [0.4, 0.5) is 5.69 Å². The molecule has 2 N–H and O–H groups in total. The van der Waals surface area contributed by atoms with Crippen LogP contribution in [-0.4, -0.2) is 13.2 Å². The summed E-state index contributed by atoms with van der Waals surface area (Å²) in [6.07, 6.45) is 0. The van der Waals surface area contributed by atoms with E-state index in [9.17, 15) is 0 Å². The summed E-state index contributed by atoms with van der Waals surface area (Å²) in [4.78, 5) is 0. The van der Waals surface area contributed by atoms with Gasteiger partial charge < -0.3 is 15.2 Å². The van der Waals surface area contributed by atoms with Gasteiger partial charge in [0.2, 0.25) is 0 Å². The van der Waals surface area contributed by atoms with Gasteiger partial charge in [-0.2, -0.15) is 0 Å². The lowest BCUT2D eigenvalue weighted by molar-refractivity contribution is 0.217. The van der Waals surface area contributed by atoms with Gasteiger partial charge in [0.1, 0.15) is 24.7 Å². The number of rotatable bonds is 5. The first kappa shape index (κ1) is 12.6. The van der Waals surface area contributed by atoms with E-state index < -0.39 is 0 Å². The van der Waals surface area contributed by atoms with Crippen molar-refractivity contribution >= 4 is 17.3 Å². The maximum atomic E-state index is 5.96. The van der Waals surface area contributed by atoms with Crippen LogP contribution in [0.3, 0.4) is 0 Å². The first-order valence-corrected chi connectivity index (χ1v) is 5.99. The molecule has 3 nitrogen and oxygen atoms in total. The molecular formula is C14H14ClNO2. The number of anilines is 1. The number of benzene rings is 2. The van der Waals surface area contributed by atoms with Crippen LogP contribution in [0.1, 0.15) is 0 Å². The Bertz CT molecular complexity index is 517. The topological polar surface area (TPSA) is 44.5 Å².